The second kappa shape index (κ2) is 8.03. The van der Waals surface area contributed by atoms with Crippen LogP contribution >= 0.6 is 11.6 Å². The van der Waals surface area contributed by atoms with Gasteiger partial charge in [-0.1, -0.05) is 78.3 Å². The van der Waals surface area contributed by atoms with Crippen LogP contribution in [0.3, 0.4) is 0 Å². The van der Waals surface area contributed by atoms with Crippen molar-refractivity contribution in [3.05, 3.63) is 102 Å². The highest BCUT2D eigenvalue weighted by Gasteiger charge is 2.17. The van der Waals surface area contributed by atoms with Gasteiger partial charge in [0.1, 0.15) is 0 Å². The van der Waals surface area contributed by atoms with E-state index in [1.165, 1.54) is 0 Å². The van der Waals surface area contributed by atoms with Gasteiger partial charge in [-0.25, -0.2) is 9.97 Å². The maximum Gasteiger partial charge on any atom is 0.259 e. The molecule has 0 radical (unpaired) electrons. The molecule has 28 heavy (non-hydrogen) atoms. The van der Waals surface area contributed by atoms with Gasteiger partial charge in [-0.05, 0) is 18.2 Å². The number of amides is 1. The Labute approximate surface area is 167 Å². The molecule has 0 saturated heterocycles. The van der Waals surface area contributed by atoms with E-state index in [9.17, 15) is 4.79 Å². The van der Waals surface area contributed by atoms with E-state index in [2.05, 4.69) is 10.3 Å². The summed E-state index contributed by atoms with van der Waals surface area (Å²) in [7, 11) is 0. The van der Waals surface area contributed by atoms with Crippen LogP contribution in [0.5, 0.6) is 0 Å². The Morgan fingerprint density at radius 1 is 0.821 bits per heavy atom. The summed E-state index contributed by atoms with van der Waals surface area (Å²) in [4.78, 5) is 22.0. The monoisotopic (exact) mass is 385 g/mol. The minimum atomic E-state index is -0.291. The van der Waals surface area contributed by atoms with E-state index in [-0.39, 0.29) is 5.91 Å². The SMILES string of the molecule is O=C(Nc1cccc(Cl)c1)c1cnc(-c2ccccc2)nc1-c1ccccc1. The van der Waals surface area contributed by atoms with Gasteiger partial charge in [0.15, 0.2) is 5.82 Å². The lowest BCUT2D eigenvalue weighted by Crippen LogP contribution is -2.15. The highest BCUT2D eigenvalue weighted by Crippen LogP contribution is 2.25. The Hall–Kier alpha value is -3.50. The van der Waals surface area contributed by atoms with Crippen LogP contribution in [0.2, 0.25) is 5.02 Å². The van der Waals surface area contributed by atoms with Crippen molar-refractivity contribution in [2.24, 2.45) is 0 Å². The van der Waals surface area contributed by atoms with Crippen LogP contribution in [0, 0.1) is 0 Å². The van der Waals surface area contributed by atoms with Crippen LogP contribution in [0.25, 0.3) is 22.6 Å². The smallest absolute Gasteiger partial charge is 0.259 e. The molecule has 0 atom stereocenters. The van der Waals surface area contributed by atoms with Gasteiger partial charge in [0.05, 0.1) is 11.3 Å². The number of aromatic nitrogens is 2. The zero-order valence-electron chi connectivity index (χ0n) is 14.8. The summed E-state index contributed by atoms with van der Waals surface area (Å²) < 4.78 is 0. The third kappa shape index (κ3) is 3.92. The van der Waals surface area contributed by atoms with E-state index in [0.29, 0.717) is 27.8 Å². The molecule has 3 aromatic carbocycles. The van der Waals surface area contributed by atoms with E-state index in [4.69, 9.17) is 16.6 Å². The Morgan fingerprint density at radius 2 is 1.50 bits per heavy atom. The molecular weight excluding hydrogens is 370 g/mol. The molecule has 1 N–H and O–H groups in total. The predicted molar refractivity (Wildman–Crippen MR) is 112 cm³/mol. The number of rotatable bonds is 4. The molecule has 0 saturated carbocycles. The Balaban J connectivity index is 1.77. The quantitative estimate of drug-likeness (QED) is 0.489. The van der Waals surface area contributed by atoms with Crippen molar-refractivity contribution < 1.29 is 4.79 Å². The maximum atomic E-state index is 12.9. The van der Waals surface area contributed by atoms with Crippen molar-refractivity contribution in [1.82, 2.24) is 9.97 Å². The fraction of sp³-hybridized carbons (Fsp3) is 0. The second-order valence-corrected chi connectivity index (χ2v) is 6.59. The molecule has 0 bridgehead atoms. The molecule has 0 fully saturated rings. The van der Waals surface area contributed by atoms with Gasteiger partial charge in [-0.2, -0.15) is 0 Å². The van der Waals surface area contributed by atoms with Gasteiger partial charge in [-0.3, -0.25) is 4.79 Å². The molecule has 1 heterocycles. The lowest BCUT2D eigenvalue weighted by molar-refractivity contribution is 0.102. The minimum Gasteiger partial charge on any atom is -0.322 e. The molecule has 136 valence electrons. The number of benzene rings is 3. The van der Waals surface area contributed by atoms with Crippen molar-refractivity contribution in [2.45, 2.75) is 0 Å². The Kier molecular flexibility index (Phi) is 5.13. The molecule has 1 amide bonds. The van der Waals surface area contributed by atoms with Gasteiger partial charge in [0.25, 0.3) is 5.91 Å². The van der Waals surface area contributed by atoms with Crippen molar-refractivity contribution in [2.75, 3.05) is 5.32 Å². The molecule has 0 unspecified atom stereocenters. The number of nitrogens with zero attached hydrogens (tertiary/aromatic N) is 2. The molecule has 0 aliphatic rings. The molecule has 4 aromatic rings. The molecule has 5 heteroatoms. The number of carbonyl (C=O) groups excluding carboxylic acids is 1. The topological polar surface area (TPSA) is 54.9 Å². The highest BCUT2D eigenvalue weighted by molar-refractivity contribution is 6.31. The Bertz CT molecular complexity index is 1120. The number of anilines is 1. The molecule has 4 rings (SSSR count). The number of hydrogen-bond donors (Lipinski definition) is 1. The first kappa shape index (κ1) is 17.9. The third-order valence-electron chi connectivity index (χ3n) is 4.20. The largest absolute Gasteiger partial charge is 0.322 e. The summed E-state index contributed by atoms with van der Waals surface area (Å²) >= 11 is 6.01. The average molecular weight is 386 g/mol. The summed E-state index contributed by atoms with van der Waals surface area (Å²) in [5.74, 6) is 0.277. The first-order valence-electron chi connectivity index (χ1n) is 8.75. The molecule has 0 spiro atoms. The van der Waals surface area contributed by atoms with E-state index in [1.54, 1.807) is 30.5 Å². The number of hydrogen-bond acceptors (Lipinski definition) is 3. The third-order valence-corrected chi connectivity index (χ3v) is 4.43. The fourth-order valence-corrected chi connectivity index (χ4v) is 3.05. The molecular formula is C23H16ClN3O. The van der Waals surface area contributed by atoms with E-state index < -0.39 is 0 Å². The zero-order chi connectivity index (χ0) is 19.3. The highest BCUT2D eigenvalue weighted by atomic mass is 35.5. The van der Waals surface area contributed by atoms with Gasteiger partial charge in [-0.15, -0.1) is 0 Å². The average Bonchev–Trinajstić information content (AvgIpc) is 2.74. The van der Waals surface area contributed by atoms with Gasteiger partial charge in [0, 0.05) is 28.0 Å². The number of nitrogens with one attached hydrogen (secondary N) is 1. The summed E-state index contributed by atoms with van der Waals surface area (Å²) in [6.07, 6.45) is 1.57. The summed E-state index contributed by atoms with van der Waals surface area (Å²) in [5, 5.41) is 3.42. The van der Waals surface area contributed by atoms with Crippen LogP contribution in [0.1, 0.15) is 10.4 Å². The molecule has 1 aromatic heterocycles. The van der Waals surface area contributed by atoms with Crippen molar-refractivity contribution in [3.8, 4) is 22.6 Å². The summed E-state index contributed by atoms with van der Waals surface area (Å²) in [5.41, 5.74) is 3.32. The van der Waals surface area contributed by atoms with Crippen molar-refractivity contribution >= 4 is 23.2 Å². The van der Waals surface area contributed by atoms with Crippen molar-refractivity contribution in [3.63, 3.8) is 0 Å². The second-order valence-electron chi connectivity index (χ2n) is 6.15. The fourth-order valence-electron chi connectivity index (χ4n) is 2.86. The predicted octanol–water partition coefficient (Wildman–Crippen LogP) is 5.72. The van der Waals surface area contributed by atoms with Gasteiger partial charge >= 0.3 is 0 Å². The molecule has 0 aliphatic carbocycles. The first-order chi connectivity index (χ1) is 13.7. The van der Waals surface area contributed by atoms with E-state index in [0.717, 1.165) is 11.1 Å². The number of carbonyl (C=O) groups is 1. The Morgan fingerprint density at radius 3 is 2.18 bits per heavy atom. The minimum absolute atomic E-state index is 0.291. The van der Waals surface area contributed by atoms with E-state index >= 15 is 0 Å². The maximum absolute atomic E-state index is 12.9. The lowest BCUT2D eigenvalue weighted by Gasteiger charge is -2.11. The van der Waals surface area contributed by atoms with E-state index in [1.807, 2.05) is 60.7 Å². The standard InChI is InChI=1S/C23H16ClN3O/c24-18-12-7-13-19(14-18)26-23(28)20-15-25-22(17-10-5-2-6-11-17)27-21(20)16-8-3-1-4-9-16/h1-15H,(H,26,28). The van der Waals surface area contributed by atoms with Crippen LogP contribution < -0.4 is 5.32 Å². The van der Waals surface area contributed by atoms with Gasteiger partial charge in [0.2, 0.25) is 0 Å². The van der Waals surface area contributed by atoms with Crippen LogP contribution in [-0.2, 0) is 0 Å². The lowest BCUT2D eigenvalue weighted by atomic mass is 10.1. The van der Waals surface area contributed by atoms with Crippen LogP contribution in [-0.4, -0.2) is 15.9 Å². The van der Waals surface area contributed by atoms with Crippen molar-refractivity contribution in [1.29, 1.82) is 0 Å². The van der Waals surface area contributed by atoms with Gasteiger partial charge < -0.3 is 5.32 Å². The molecule has 4 nitrogen and oxygen atoms in total. The summed E-state index contributed by atoms with van der Waals surface area (Å²) in [6, 6.07) is 26.3. The zero-order valence-corrected chi connectivity index (χ0v) is 15.6. The number of halogens is 1. The van der Waals surface area contributed by atoms with Crippen LogP contribution in [0.15, 0.2) is 91.1 Å². The first-order valence-corrected chi connectivity index (χ1v) is 9.13. The summed E-state index contributed by atoms with van der Waals surface area (Å²) in [6.45, 7) is 0. The molecule has 0 aliphatic heterocycles. The normalized spacial score (nSPS) is 10.5. The van der Waals surface area contributed by atoms with Crippen LogP contribution in [0.4, 0.5) is 5.69 Å².